The molecule has 0 bridgehead atoms. The highest BCUT2D eigenvalue weighted by Crippen LogP contribution is 2.31. The zero-order valence-electron chi connectivity index (χ0n) is 16.3. The van der Waals surface area contributed by atoms with Crippen molar-refractivity contribution in [1.29, 1.82) is 0 Å². The van der Waals surface area contributed by atoms with Crippen molar-refractivity contribution in [1.82, 2.24) is 15.2 Å². The molecule has 1 aliphatic rings. The number of nitro benzene ring substituents is 1. The molecule has 0 radical (unpaired) electrons. The van der Waals surface area contributed by atoms with E-state index in [4.69, 9.17) is 4.42 Å². The Morgan fingerprint density at radius 1 is 1.13 bits per heavy atom. The van der Waals surface area contributed by atoms with E-state index in [9.17, 15) is 19.7 Å². The molecule has 9 heteroatoms. The highest BCUT2D eigenvalue weighted by atomic mass is 16.6. The van der Waals surface area contributed by atoms with Crippen molar-refractivity contribution in [2.75, 3.05) is 0 Å². The van der Waals surface area contributed by atoms with E-state index in [1.165, 1.54) is 30.5 Å². The van der Waals surface area contributed by atoms with E-state index < -0.39 is 22.4 Å². The molecule has 1 aromatic heterocycles. The number of carbonyl (C=O) groups is 2. The molecular formula is C21H18N4O5. The van der Waals surface area contributed by atoms with Gasteiger partial charge in [-0.05, 0) is 43.7 Å². The molecule has 1 saturated heterocycles. The topological polar surface area (TPSA) is 119 Å². The average Bonchev–Trinajstić information content (AvgIpc) is 3.28. The number of oxazole rings is 1. The van der Waals surface area contributed by atoms with Gasteiger partial charge >= 0.3 is 6.03 Å². The number of imide groups is 1. The van der Waals surface area contributed by atoms with Gasteiger partial charge in [0, 0.05) is 17.7 Å². The standard InChI is InChI=1S/C21H18N4O5/c1-13-3-5-14(6-4-13)18-22-16(12-30-18)11-24-19(26)21(2,23-20(24)27)15-7-9-17(10-8-15)25(28)29/h3-10,12H,11H2,1-2H3,(H,23,27). The van der Waals surface area contributed by atoms with Gasteiger partial charge in [0.25, 0.3) is 11.6 Å². The van der Waals surface area contributed by atoms with Gasteiger partial charge in [0.15, 0.2) is 0 Å². The van der Waals surface area contributed by atoms with Crippen molar-refractivity contribution in [2.45, 2.75) is 25.9 Å². The highest BCUT2D eigenvalue weighted by Gasteiger charge is 2.49. The van der Waals surface area contributed by atoms with Crippen LogP contribution in [-0.4, -0.2) is 26.7 Å². The summed E-state index contributed by atoms with van der Waals surface area (Å²) in [4.78, 5) is 41.3. The fourth-order valence-corrected chi connectivity index (χ4v) is 3.32. The Balaban J connectivity index is 1.54. The number of carbonyl (C=O) groups excluding carboxylic acids is 2. The Morgan fingerprint density at radius 2 is 1.80 bits per heavy atom. The van der Waals surface area contributed by atoms with Crippen molar-refractivity contribution in [3.63, 3.8) is 0 Å². The van der Waals surface area contributed by atoms with Gasteiger partial charge in [-0.15, -0.1) is 0 Å². The van der Waals surface area contributed by atoms with Crippen molar-refractivity contribution in [3.05, 3.63) is 81.7 Å². The summed E-state index contributed by atoms with van der Waals surface area (Å²) in [5.74, 6) is -0.0728. The molecule has 152 valence electrons. The molecule has 0 spiro atoms. The van der Waals surface area contributed by atoms with Crippen LogP contribution in [0, 0.1) is 17.0 Å². The molecule has 30 heavy (non-hydrogen) atoms. The lowest BCUT2D eigenvalue weighted by Crippen LogP contribution is -2.40. The molecule has 1 aliphatic heterocycles. The number of non-ortho nitro benzene ring substituents is 1. The number of aryl methyl sites for hydroxylation is 1. The summed E-state index contributed by atoms with van der Waals surface area (Å²) in [5, 5.41) is 13.5. The second kappa shape index (κ2) is 7.11. The number of amides is 3. The lowest BCUT2D eigenvalue weighted by atomic mass is 9.92. The summed E-state index contributed by atoms with van der Waals surface area (Å²) >= 11 is 0. The largest absolute Gasteiger partial charge is 0.444 e. The first-order chi connectivity index (χ1) is 14.3. The van der Waals surface area contributed by atoms with Crippen LogP contribution in [0.2, 0.25) is 0 Å². The predicted octanol–water partition coefficient (Wildman–Crippen LogP) is 3.53. The van der Waals surface area contributed by atoms with Crippen LogP contribution in [0.1, 0.15) is 23.7 Å². The maximum Gasteiger partial charge on any atom is 0.325 e. The number of aromatic nitrogens is 1. The summed E-state index contributed by atoms with van der Waals surface area (Å²) < 4.78 is 5.50. The molecule has 2 heterocycles. The molecule has 4 rings (SSSR count). The first kappa shape index (κ1) is 19.3. The number of urea groups is 1. The second-order valence-electron chi connectivity index (χ2n) is 7.26. The number of nitrogens with zero attached hydrogens (tertiary/aromatic N) is 3. The number of hydrogen-bond acceptors (Lipinski definition) is 6. The number of nitrogens with one attached hydrogen (secondary N) is 1. The van der Waals surface area contributed by atoms with Crippen LogP contribution in [-0.2, 0) is 16.9 Å². The summed E-state index contributed by atoms with van der Waals surface area (Å²) in [6.45, 7) is 3.49. The summed E-state index contributed by atoms with van der Waals surface area (Å²) in [5.41, 5.74) is 1.37. The van der Waals surface area contributed by atoms with Gasteiger partial charge in [0.1, 0.15) is 11.8 Å². The molecule has 3 amide bonds. The lowest BCUT2D eigenvalue weighted by Gasteiger charge is -2.21. The van der Waals surface area contributed by atoms with Crippen molar-refractivity contribution >= 4 is 17.6 Å². The lowest BCUT2D eigenvalue weighted by molar-refractivity contribution is -0.384. The minimum atomic E-state index is -1.32. The normalized spacial score (nSPS) is 18.5. The average molecular weight is 406 g/mol. The second-order valence-corrected chi connectivity index (χ2v) is 7.26. The van der Waals surface area contributed by atoms with E-state index in [2.05, 4.69) is 10.3 Å². The molecule has 9 nitrogen and oxygen atoms in total. The Bertz CT molecular complexity index is 1140. The maximum absolute atomic E-state index is 13.0. The first-order valence-electron chi connectivity index (χ1n) is 9.18. The van der Waals surface area contributed by atoms with E-state index >= 15 is 0 Å². The summed E-state index contributed by atoms with van der Waals surface area (Å²) in [7, 11) is 0. The number of benzene rings is 2. The van der Waals surface area contributed by atoms with Gasteiger partial charge in [0.2, 0.25) is 5.89 Å². The predicted molar refractivity (Wildman–Crippen MR) is 106 cm³/mol. The molecule has 3 aromatic rings. The van der Waals surface area contributed by atoms with E-state index in [0.29, 0.717) is 17.1 Å². The Kier molecular flexibility index (Phi) is 4.57. The van der Waals surface area contributed by atoms with Crippen LogP contribution in [0.15, 0.2) is 59.2 Å². The monoisotopic (exact) mass is 406 g/mol. The van der Waals surface area contributed by atoms with E-state index in [1.54, 1.807) is 6.92 Å². The number of rotatable bonds is 5. The third kappa shape index (κ3) is 3.30. The van der Waals surface area contributed by atoms with E-state index in [-0.39, 0.29) is 12.2 Å². The maximum atomic E-state index is 13.0. The van der Waals surface area contributed by atoms with Gasteiger partial charge < -0.3 is 9.73 Å². The SMILES string of the molecule is Cc1ccc(-c2nc(CN3C(=O)NC(C)(c4ccc([N+](=O)[O-])cc4)C3=O)co2)cc1. The van der Waals surface area contributed by atoms with E-state index in [1.807, 2.05) is 31.2 Å². The van der Waals surface area contributed by atoms with Crippen molar-refractivity contribution in [3.8, 4) is 11.5 Å². The van der Waals surface area contributed by atoms with Crippen molar-refractivity contribution in [2.24, 2.45) is 0 Å². The van der Waals surface area contributed by atoms with Crippen molar-refractivity contribution < 1.29 is 18.9 Å². The first-order valence-corrected chi connectivity index (χ1v) is 9.18. The summed E-state index contributed by atoms with van der Waals surface area (Å²) in [6, 6.07) is 12.6. The van der Waals surface area contributed by atoms with E-state index in [0.717, 1.165) is 16.0 Å². The number of hydrogen-bond donors (Lipinski definition) is 1. The van der Waals surface area contributed by atoms with Gasteiger partial charge in [0.05, 0.1) is 17.2 Å². The van der Waals surface area contributed by atoms with Crippen LogP contribution in [0.4, 0.5) is 10.5 Å². The molecule has 1 N–H and O–H groups in total. The fourth-order valence-electron chi connectivity index (χ4n) is 3.32. The third-order valence-electron chi connectivity index (χ3n) is 5.10. The molecule has 0 aliphatic carbocycles. The van der Waals surface area contributed by atoms with Crippen LogP contribution in [0.5, 0.6) is 0 Å². The Labute approximate surface area is 171 Å². The Morgan fingerprint density at radius 3 is 2.43 bits per heavy atom. The molecule has 0 saturated carbocycles. The minimum Gasteiger partial charge on any atom is -0.444 e. The van der Waals surface area contributed by atoms with Gasteiger partial charge in [-0.2, -0.15) is 0 Å². The van der Waals surface area contributed by atoms with Crippen LogP contribution in [0.25, 0.3) is 11.5 Å². The molecular weight excluding hydrogens is 388 g/mol. The zero-order chi connectivity index (χ0) is 21.5. The molecule has 1 fully saturated rings. The van der Waals surface area contributed by atoms with Crippen LogP contribution >= 0.6 is 0 Å². The molecule has 1 unspecified atom stereocenters. The summed E-state index contributed by atoms with van der Waals surface area (Å²) in [6.07, 6.45) is 1.41. The van der Waals surface area contributed by atoms with Gasteiger partial charge in [-0.3, -0.25) is 19.8 Å². The molecule has 2 aromatic carbocycles. The van der Waals surface area contributed by atoms with Crippen LogP contribution in [0.3, 0.4) is 0 Å². The van der Waals surface area contributed by atoms with Gasteiger partial charge in [-0.25, -0.2) is 9.78 Å². The Hall–Kier alpha value is -4.01. The smallest absolute Gasteiger partial charge is 0.325 e. The van der Waals surface area contributed by atoms with Crippen LogP contribution < -0.4 is 5.32 Å². The third-order valence-corrected chi connectivity index (χ3v) is 5.10. The molecule has 1 atom stereocenters. The highest BCUT2D eigenvalue weighted by molar-refractivity contribution is 6.07. The van der Waals surface area contributed by atoms with Gasteiger partial charge in [-0.1, -0.05) is 17.7 Å². The quantitative estimate of drug-likeness (QED) is 0.393. The minimum absolute atomic E-state index is 0.0530. The zero-order valence-corrected chi connectivity index (χ0v) is 16.3. The fraction of sp³-hybridized carbons (Fsp3) is 0.190. The number of nitro groups is 1.